The van der Waals surface area contributed by atoms with Gasteiger partial charge in [-0.25, -0.2) is 0 Å². The molecule has 1 saturated carbocycles. The van der Waals surface area contributed by atoms with E-state index < -0.39 is 74.1 Å². The molecule has 1 fully saturated rings. The van der Waals surface area contributed by atoms with E-state index in [-0.39, 0.29) is 63.9 Å². The van der Waals surface area contributed by atoms with Crippen LogP contribution < -0.4 is 9.47 Å². The van der Waals surface area contributed by atoms with E-state index in [1.807, 2.05) is 41.5 Å². The predicted octanol–water partition coefficient (Wildman–Crippen LogP) is 6.85. The predicted molar refractivity (Wildman–Crippen MR) is 179 cm³/mol. The number of phenols is 1. The SMILES string of the molecule is CC(C)CC(=O)c1c(O)c2c(c3c1OC1(O)C(C(=O)C(C)(C)C(=O)C1(C)C)[C@@H]3C(C)C)OC1=C(C(=O)C(C)(C)C(=O)C1(C)C)[C@@H]2C(C)C. The fraction of sp³-hybridized carbons (Fsp3) is 0.667. The molecule has 1 aromatic carbocycles. The molecule has 2 aliphatic carbocycles. The number of ether oxygens (including phenoxy) is 2. The molecule has 9 nitrogen and oxygen atoms in total. The Morgan fingerprint density at radius 2 is 1.33 bits per heavy atom. The smallest absolute Gasteiger partial charge is 0.230 e. The summed E-state index contributed by atoms with van der Waals surface area (Å²) in [5.41, 5.74) is -5.03. The third-order valence-corrected chi connectivity index (χ3v) is 11.6. The zero-order valence-corrected chi connectivity index (χ0v) is 30.9. The summed E-state index contributed by atoms with van der Waals surface area (Å²) in [6.45, 7) is 24.1. The maximum Gasteiger partial charge on any atom is 0.230 e. The molecule has 4 aliphatic rings. The topological polar surface area (TPSA) is 144 Å². The Hall–Kier alpha value is -3.33. The minimum atomic E-state index is -2.37. The summed E-state index contributed by atoms with van der Waals surface area (Å²) in [7, 11) is 0. The lowest BCUT2D eigenvalue weighted by Crippen LogP contribution is -2.72. The van der Waals surface area contributed by atoms with Gasteiger partial charge in [0.05, 0.1) is 27.6 Å². The second-order valence-corrected chi connectivity index (χ2v) is 17.7. The van der Waals surface area contributed by atoms with Crippen molar-refractivity contribution < 1.29 is 43.7 Å². The number of rotatable bonds is 5. The van der Waals surface area contributed by atoms with Gasteiger partial charge in [-0.15, -0.1) is 0 Å². The van der Waals surface area contributed by atoms with Crippen molar-refractivity contribution in [3.63, 3.8) is 0 Å². The van der Waals surface area contributed by atoms with Crippen molar-refractivity contribution in [2.24, 2.45) is 45.3 Å². The molecule has 262 valence electrons. The molecule has 2 N–H and O–H groups in total. The van der Waals surface area contributed by atoms with Gasteiger partial charge in [-0.1, -0.05) is 41.5 Å². The van der Waals surface area contributed by atoms with Crippen LogP contribution in [0.4, 0.5) is 0 Å². The van der Waals surface area contributed by atoms with Gasteiger partial charge in [-0.05, 0) is 73.1 Å². The molecule has 1 aromatic rings. The molecular formula is C39H52O9. The first kappa shape index (κ1) is 36.0. The van der Waals surface area contributed by atoms with Crippen molar-refractivity contribution in [3.8, 4) is 17.2 Å². The number of carbonyl (C=O) groups excluding carboxylic acids is 5. The molecule has 2 aliphatic heterocycles. The van der Waals surface area contributed by atoms with E-state index in [0.29, 0.717) is 5.56 Å². The molecule has 2 unspecified atom stereocenters. The van der Waals surface area contributed by atoms with Crippen LogP contribution in [0.5, 0.6) is 17.2 Å². The minimum Gasteiger partial charge on any atom is -0.507 e. The second-order valence-electron chi connectivity index (χ2n) is 17.7. The molecule has 48 heavy (non-hydrogen) atoms. The highest BCUT2D eigenvalue weighted by atomic mass is 16.6. The van der Waals surface area contributed by atoms with E-state index >= 15 is 0 Å². The van der Waals surface area contributed by atoms with Crippen LogP contribution in [0.1, 0.15) is 137 Å². The number of aliphatic hydroxyl groups is 1. The average Bonchev–Trinajstić information content (AvgIpc) is 2.95. The number of fused-ring (bicyclic) bond motifs is 4. The van der Waals surface area contributed by atoms with Crippen molar-refractivity contribution >= 4 is 28.9 Å². The summed E-state index contributed by atoms with van der Waals surface area (Å²) in [4.78, 5) is 70.7. The first-order valence-corrected chi connectivity index (χ1v) is 17.2. The first-order chi connectivity index (χ1) is 21.7. The molecule has 4 atom stereocenters. The highest BCUT2D eigenvalue weighted by Gasteiger charge is 2.72. The van der Waals surface area contributed by atoms with E-state index in [1.165, 1.54) is 0 Å². The lowest BCUT2D eigenvalue weighted by atomic mass is 9.51. The highest BCUT2D eigenvalue weighted by molar-refractivity contribution is 6.20. The van der Waals surface area contributed by atoms with Crippen LogP contribution in [0.2, 0.25) is 0 Å². The number of aromatic hydroxyl groups is 1. The highest BCUT2D eigenvalue weighted by Crippen LogP contribution is 2.66. The van der Waals surface area contributed by atoms with Gasteiger partial charge in [-0.3, -0.25) is 24.0 Å². The van der Waals surface area contributed by atoms with Crippen LogP contribution >= 0.6 is 0 Å². The van der Waals surface area contributed by atoms with Gasteiger partial charge in [0.2, 0.25) is 5.79 Å². The van der Waals surface area contributed by atoms with Crippen molar-refractivity contribution in [3.05, 3.63) is 28.0 Å². The van der Waals surface area contributed by atoms with Crippen LogP contribution in [0.25, 0.3) is 0 Å². The van der Waals surface area contributed by atoms with E-state index in [1.54, 1.807) is 55.4 Å². The van der Waals surface area contributed by atoms with Crippen LogP contribution in [-0.2, 0) is 19.2 Å². The van der Waals surface area contributed by atoms with E-state index in [4.69, 9.17) is 9.47 Å². The minimum absolute atomic E-state index is 0.0271. The second kappa shape index (κ2) is 10.6. The van der Waals surface area contributed by atoms with Crippen LogP contribution in [0.15, 0.2) is 11.3 Å². The lowest BCUT2D eigenvalue weighted by molar-refractivity contribution is -0.264. The van der Waals surface area contributed by atoms with Gasteiger partial charge < -0.3 is 19.7 Å². The van der Waals surface area contributed by atoms with Gasteiger partial charge in [0.25, 0.3) is 0 Å². The Kier molecular flexibility index (Phi) is 7.93. The number of carbonyl (C=O) groups is 5. The summed E-state index contributed by atoms with van der Waals surface area (Å²) in [6, 6.07) is 0. The molecule has 0 aromatic heterocycles. The Morgan fingerprint density at radius 1 is 0.771 bits per heavy atom. The maximum absolute atomic E-state index is 14.5. The van der Waals surface area contributed by atoms with Crippen molar-refractivity contribution in [1.82, 2.24) is 0 Å². The Balaban J connectivity index is 1.99. The third kappa shape index (κ3) is 4.34. The number of Topliss-reactive ketones (excluding diaryl/α,β-unsaturated/α-hetero) is 5. The number of allylic oxidation sites excluding steroid dienone is 2. The molecule has 0 radical (unpaired) electrons. The van der Waals surface area contributed by atoms with Gasteiger partial charge in [0.1, 0.15) is 28.6 Å². The average molecular weight is 665 g/mol. The summed E-state index contributed by atoms with van der Waals surface area (Å²) in [5, 5.41) is 24.9. The maximum atomic E-state index is 14.5. The number of hydrogen-bond donors (Lipinski definition) is 2. The molecule has 0 amide bonds. The molecule has 0 saturated heterocycles. The molecule has 5 rings (SSSR count). The molecule has 2 heterocycles. The largest absolute Gasteiger partial charge is 0.507 e. The van der Waals surface area contributed by atoms with E-state index in [2.05, 4.69) is 0 Å². The lowest BCUT2D eigenvalue weighted by Gasteiger charge is -2.58. The van der Waals surface area contributed by atoms with Gasteiger partial charge in [0, 0.05) is 35.0 Å². The Labute approximate surface area is 283 Å². The van der Waals surface area contributed by atoms with Crippen molar-refractivity contribution in [1.29, 1.82) is 0 Å². The van der Waals surface area contributed by atoms with Gasteiger partial charge >= 0.3 is 0 Å². The van der Waals surface area contributed by atoms with Crippen molar-refractivity contribution in [2.45, 2.75) is 121 Å². The van der Waals surface area contributed by atoms with Gasteiger partial charge in [0.15, 0.2) is 28.9 Å². The monoisotopic (exact) mass is 664 g/mol. The van der Waals surface area contributed by atoms with Crippen LogP contribution in [0, 0.1) is 45.3 Å². The quantitative estimate of drug-likeness (QED) is 0.255. The van der Waals surface area contributed by atoms with Gasteiger partial charge in [-0.2, -0.15) is 0 Å². The van der Waals surface area contributed by atoms with E-state index in [0.717, 1.165) is 0 Å². The van der Waals surface area contributed by atoms with E-state index in [9.17, 15) is 34.2 Å². The molecular weight excluding hydrogens is 612 g/mol. The standard InChI is InChI=1S/C39H52O9/c1-16(2)15-19(40)22-27(41)23-20(17(3)4)25-30(42)35(7,8)33(44)37(11,12)32(25)47-28(23)24-21(18(5)6)26-31(43)36(9,10)34(45)38(13,14)39(26,46)48-29(22)24/h16-18,20-21,26,41,46H,15H2,1-14H3/t20-,21-,26?,39?/m1/s1. The number of ketones is 5. The summed E-state index contributed by atoms with van der Waals surface area (Å²) in [5.74, 6) is -8.50. The summed E-state index contributed by atoms with van der Waals surface area (Å²) in [6.07, 6.45) is 0.0271. The fourth-order valence-corrected chi connectivity index (χ4v) is 9.06. The number of benzene rings is 1. The Bertz CT molecular complexity index is 1710. The molecule has 0 bridgehead atoms. The zero-order valence-electron chi connectivity index (χ0n) is 30.9. The van der Waals surface area contributed by atoms with Crippen LogP contribution in [-0.4, -0.2) is 44.9 Å². The summed E-state index contributed by atoms with van der Waals surface area (Å²) >= 11 is 0. The summed E-state index contributed by atoms with van der Waals surface area (Å²) < 4.78 is 13.2. The zero-order chi connectivity index (χ0) is 36.6. The fourth-order valence-electron chi connectivity index (χ4n) is 9.06. The first-order valence-electron chi connectivity index (χ1n) is 17.2. The van der Waals surface area contributed by atoms with Crippen molar-refractivity contribution in [2.75, 3.05) is 0 Å². The molecule has 0 spiro atoms. The van der Waals surface area contributed by atoms with Crippen LogP contribution in [0.3, 0.4) is 0 Å². The third-order valence-electron chi connectivity index (χ3n) is 11.6. The Morgan fingerprint density at radius 3 is 1.83 bits per heavy atom. The number of phenolic OH excluding ortho intramolecular Hbond substituents is 1. The number of hydrogen-bond acceptors (Lipinski definition) is 9. The molecule has 9 heteroatoms. The normalized spacial score (nSPS) is 29.7.